The number of nitrogens with one attached hydrogen (secondary N) is 1. The molecule has 0 radical (unpaired) electrons. The van der Waals surface area contributed by atoms with Crippen LogP contribution in [0.5, 0.6) is 0 Å². The average Bonchev–Trinajstić information content (AvgIpc) is 2.43. The summed E-state index contributed by atoms with van der Waals surface area (Å²) in [5.41, 5.74) is 4.32. The van der Waals surface area contributed by atoms with Gasteiger partial charge in [0.2, 0.25) is 11.7 Å². The highest BCUT2D eigenvalue weighted by Gasteiger charge is 2.42. The smallest absolute Gasteiger partial charge is 0.274 e. The van der Waals surface area contributed by atoms with Gasteiger partial charge in [-0.1, -0.05) is 0 Å². The first-order valence-electron chi connectivity index (χ1n) is 6.77. The van der Waals surface area contributed by atoms with Crippen LogP contribution in [0.2, 0.25) is 0 Å². The minimum atomic E-state index is 0.554. The van der Waals surface area contributed by atoms with Crippen molar-refractivity contribution in [2.24, 2.45) is 0 Å². The van der Waals surface area contributed by atoms with Crippen molar-refractivity contribution >= 4 is 22.7 Å². The molecule has 0 aliphatic carbocycles. The van der Waals surface area contributed by atoms with Crippen LogP contribution < -0.4 is 9.47 Å². The average molecular weight is 238 g/mol. The maximum atomic E-state index is 2.46. The van der Waals surface area contributed by atoms with Gasteiger partial charge in [-0.05, 0) is 37.3 Å². The molecule has 1 aromatic carbocycles. The van der Waals surface area contributed by atoms with E-state index in [1.165, 1.54) is 22.2 Å². The number of rotatable bonds is 0. The van der Waals surface area contributed by atoms with Gasteiger partial charge in [-0.2, -0.15) is 4.57 Å². The third-order valence-electron chi connectivity index (χ3n) is 4.69. The molecule has 2 aliphatic rings. The van der Waals surface area contributed by atoms with Crippen molar-refractivity contribution in [1.82, 2.24) is 0 Å². The summed E-state index contributed by atoms with van der Waals surface area (Å²) in [4.78, 5) is 1.62. The lowest BCUT2D eigenvalue weighted by atomic mass is 9.96. The highest BCUT2D eigenvalue weighted by atomic mass is 15.2. The van der Waals surface area contributed by atoms with Gasteiger partial charge < -0.3 is 0 Å². The van der Waals surface area contributed by atoms with Crippen LogP contribution in [0.1, 0.15) is 25.5 Å². The number of pyridine rings is 1. The molecule has 2 heteroatoms. The molecule has 0 amide bonds. The van der Waals surface area contributed by atoms with Crippen LogP contribution in [0.15, 0.2) is 36.5 Å². The third kappa shape index (κ3) is 1.14. The van der Waals surface area contributed by atoms with Crippen LogP contribution in [0.3, 0.4) is 0 Å². The summed E-state index contributed by atoms with van der Waals surface area (Å²) in [6.45, 7) is 5.82. The monoisotopic (exact) mass is 238 g/mol. The Bertz CT molecular complexity index is 672. The number of aromatic nitrogens is 1. The predicted octanol–water partition coefficient (Wildman–Crippen LogP) is 1.63. The van der Waals surface area contributed by atoms with Gasteiger partial charge in [0.05, 0.1) is 5.39 Å². The molecular weight excluding hydrogens is 220 g/mol. The summed E-state index contributed by atoms with van der Waals surface area (Å²) in [5, 5.41) is 1.36. The van der Waals surface area contributed by atoms with Gasteiger partial charge in [0.25, 0.3) is 5.52 Å². The van der Waals surface area contributed by atoms with Gasteiger partial charge in [-0.15, -0.1) is 0 Å². The summed E-state index contributed by atoms with van der Waals surface area (Å²) in [6, 6.07) is 10.1. The zero-order valence-corrected chi connectivity index (χ0v) is 10.9. The summed E-state index contributed by atoms with van der Waals surface area (Å²) in [6.07, 6.45) is 6.82. The normalized spacial score (nSPS) is 28.7. The fourth-order valence-electron chi connectivity index (χ4n) is 3.53. The van der Waals surface area contributed by atoms with Crippen LogP contribution in [0.4, 0.5) is 5.69 Å². The van der Waals surface area contributed by atoms with Gasteiger partial charge in [0.1, 0.15) is 6.54 Å². The zero-order chi connectivity index (χ0) is 12.3. The van der Waals surface area contributed by atoms with Crippen LogP contribution in [-0.4, -0.2) is 12.6 Å². The topological polar surface area (TPSA) is 8.32 Å². The van der Waals surface area contributed by atoms with Gasteiger partial charge in [0, 0.05) is 18.6 Å². The van der Waals surface area contributed by atoms with Crippen molar-refractivity contribution < 1.29 is 9.47 Å². The number of benzene rings is 1. The first-order chi connectivity index (χ1) is 8.77. The van der Waals surface area contributed by atoms with E-state index in [2.05, 4.69) is 61.0 Å². The van der Waals surface area contributed by atoms with E-state index in [0.717, 1.165) is 6.54 Å². The summed E-state index contributed by atoms with van der Waals surface area (Å²) >= 11 is 0. The van der Waals surface area contributed by atoms with Gasteiger partial charge in [0.15, 0.2) is 12.2 Å². The lowest BCUT2D eigenvalue weighted by Gasteiger charge is -2.33. The van der Waals surface area contributed by atoms with Crippen molar-refractivity contribution in [3.8, 4) is 0 Å². The molecule has 0 fully saturated rings. The number of nitrogens with zero attached hydrogens (tertiary/aromatic N) is 1. The highest BCUT2D eigenvalue weighted by molar-refractivity contribution is 5.89. The van der Waals surface area contributed by atoms with Crippen LogP contribution >= 0.6 is 0 Å². The summed E-state index contributed by atoms with van der Waals surface area (Å²) in [7, 11) is 0. The van der Waals surface area contributed by atoms with E-state index in [0.29, 0.717) is 12.1 Å². The number of hydrogen-bond donors (Lipinski definition) is 1. The standard InChI is InChI=1S/C16H17N2/c1-11-12(2)18-10-4-6-14-8-7-13-5-3-9-17(11)15(13)16(14)18/h3-9,11-12H,10H2,1-2H3/q+1/p+1. The SMILES string of the molecule is CC1C(C)[NH+]2CC=Cc3ccc4ccc[n+]1c4c32. The van der Waals surface area contributed by atoms with E-state index in [1.807, 2.05) is 0 Å². The lowest BCUT2D eigenvalue weighted by molar-refractivity contribution is -0.903. The Kier molecular flexibility index (Phi) is 1.95. The van der Waals surface area contributed by atoms with E-state index in [4.69, 9.17) is 0 Å². The van der Waals surface area contributed by atoms with Crippen molar-refractivity contribution in [3.63, 3.8) is 0 Å². The van der Waals surface area contributed by atoms with E-state index < -0.39 is 0 Å². The Morgan fingerprint density at radius 2 is 2.11 bits per heavy atom. The molecule has 1 aromatic heterocycles. The van der Waals surface area contributed by atoms with Crippen molar-refractivity contribution in [2.75, 3.05) is 6.54 Å². The Morgan fingerprint density at radius 1 is 1.22 bits per heavy atom. The fourth-order valence-corrected chi connectivity index (χ4v) is 3.53. The molecule has 18 heavy (non-hydrogen) atoms. The second-order valence-corrected chi connectivity index (χ2v) is 5.54. The molecule has 0 bridgehead atoms. The molecule has 4 rings (SSSR count). The first-order valence-corrected chi connectivity index (χ1v) is 6.77. The van der Waals surface area contributed by atoms with E-state index >= 15 is 0 Å². The molecule has 1 N–H and O–H groups in total. The highest BCUT2D eigenvalue weighted by Crippen LogP contribution is 2.28. The lowest BCUT2D eigenvalue weighted by Crippen LogP contribution is -3.13. The molecule has 90 valence electrons. The largest absolute Gasteiger partial charge is 0.285 e. The quantitative estimate of drug-likeness (QED) is 0.668. The zero-order valence-electron chi connectivity index (χ0n) is 10.9. The van der Waals surface area contributed by atoms with Crippen molar-refractivity contribution in [2.45, 2.75) is 25.9 Å². The Balaban J connectivity index is 2.19. The molecule has 0 saturated heterocycles. The molecular formula is C16H18N2+2. The van der Waals surface area contributed by atoms with Gasteiger partial charge >= 0.3 is 0 Å². The molecule has 3 unspecified atom stereocenters. The second-order valence-electron chi connectivity index (χ2n) is 5.54. The Labute approximate surface area is 107 Å². The fraction of sp³-hybridized carbons (Fsp3) is 0.312. The maximum absolute atomic E-state index is 2.46. The van der Waals surface area contributed by atoms with E-state index in [-0.39, 0.29) is 0 Å². The third-order valence-corrected chi connectivity index (χ3v) is 4.69. The molecule has 0 spiro atoms. The van der Waals surface area contributed by atoms with Gasteiger partial charge in [-0.3, -0.25) is 4.90 Å². The van der Waals surface area contributed by atoms with Crippen molar-refractivity contribution in [1.29, 1.82) is 0 Å². The Hall–Kier alpha value is -1.67. The summed E-state index contributed by atoms with van der Waals surface area (Å²) in [5.74, 6) is 0. The van der Waals surface area contributed by atoms with Crippen molar-refractivity contribution in [3.05, 3.63) is 42.1 Å². The van der Waals surface area contributed by atoms with E-state index in [1.54, 1.807) is 4.90 Å². The maximum Gasteiger partial charge on any atom is 0.274 e. The molecule has 3 heterocycles. The van der Waals surface area contributed by atoms with Crippen LogP contribution in [0.25, 0.3) is 17.0 Å². The predicted molar refractivity (Wildman–Crippen MR) is 72.8 cm³/mol. The minimum absolute atomic E-state index is 0.554. The Morgan fingerprint density at radius 3 is 3.00 bits per heavy atom. The minimum Gasteiger partial charge on any atom is -0.285 e. The summed E-state index contributed by atoms with van der Waals surface area (Å²) < 4.78 is 2.46. The second kappa shape index (κ2) is 3.42. The molecule has 2 aliphatic heterocycles. The van der Waals surface area contributed by atoms with Gasteiger partial charge in [-0.25, -0.2) is 0 Å². The first kappa shape index (κ1) is 10.3. The molecule has 2 aromatic rings. The molecule has 0 saturated carbocycles. The van der Waals surface area contributed by atoms with Crippen LogP contribution in [-0.2, 0) is 0 Å². The number of quaternary nitrogens is 1. The molecule has 3 atom stereocenters. The number of hydrogen-bond acceptors (Lipinski definition) is 0. The van der Waals surface area contributed by atoms with E-state index in [9.17, 15) is 0 Å². The molecule has 2 nitrogen and oxygen atoms in total. The van der Waals surface area contributed by atoms with Crippen LogP contribution in [0, 0.1) is 0 Å².